The molecule has 3 atom stereocenters. The lowest BCUT2D eigenvalue weighted by molar-refractivity contribution is 0.0469. The first kappa shape index (κ1) is 26.9. The molecule has 0 spiro atoms. The summed E-state index contributed by atoms with van der Waals surface area (Å²) in [6, 6.07) is 16.2. The summed E-state index contributed by atoms with van der Waals surface area (Å²) in [7, 11) is -1.64. The van der Waals surface area contributed by atoms with Crippen molar-refractivity contribution in [3.05, 3.63) is 65.2 Å². The molecule has 0 aromatic heterocycles. The van der Waals surface area contributed by atoms with E-state index in [9.17, 15) is 13.2 Å². The first-order chi connectivity index (χ1) is 17.3. The van der Waals surface area contributed by atoms with Gasteiger partial charge in [-0.3, -0.25) is 4.90 Å². The average molecular weight is 534 g/mol. The number of carbonyl (C=O) groups excluding carboxylic acids is 1. The Hall–Kier alpha value is -2.13. The number of sulfonamides is 1. The van der Waals surface area contributed by atoms with Gasteiger partial charge in [0.15, 0.2) is 0 Å². The summed E-state index contributed by atoms with van der Waals surface area (Å²) in [4.78, 5) is 17.3. The lowest BCUT2D eigenvalue weighted by Gasteiger charge is -2.40. The molecular formula is C27H36ClN3O4S. The molecule has 0 radical (unpaired) electrons. The number of amides is 1. The van der Waals surface area contributed by atoms with Gasteiger partial charge in [0.05, 0.1) is 10.9 Å². The van der Waals surface area contributed by atoms with Gasteiger partial charge < -0.3 is 9.64 Å². The summed E-state index contributed by atoms with van der Waals surface area (Å²) in [5.41, 5.74) is 1.24. The highest BCUT2D eigenvalue weighted by Crippen LogP contribution is 2.30. The number of hydrogen-bond acceptors (Lipinski definition) is 5. The molecule has 0 aliphatic carbocycles. The van der Waals surface area contributed by atoms with Gasteiger partial charge in [-0.1, -0.05) is 48.4 Å². The number of nitrogens with zero attached hydrogens (tertiary/aromatic N) is 3. The Morgan fingerprint density at radius 1 is 1.06 bits per heavy atom. The molecule has 0 saturated carbocycles. The number of piperidine rings is 2. The van der Waals surface area contributed by atoms with Gasteiger partial charge in [0, 0.05) is 36.7 Å². The number of hydrogen-bond donors (Lipinski definition) is 0. The molecule has 2 saturated heterocycles. The molecule has 2 fully saturated rings. The minimum Gasteiger partial charge on any atom is -0.448 e. The lowest BCUT2D eigenvalue weighted by Crippen LogP contribution is -2.52. The van der Waals surface area contributed by atoms with Crippen molar-refractivity contribution < 1.29 is 17.9 Å². The fraction of sp³-hybridized carbons (Fsp3) is 0.519. The third kappa shape index (κ3) is 6.40. The number of halogens is 1. The number of rotatable bonds is 7. The molecule has 7 nitrogen and oxygen atoms in total. The summed E-state index contributed by atoms with van der Waals surface area (Å²) >= 11 is 5.96. The zero-order valence-corrected chi connectivity index (χ0v) is 22.6. The van der Waals surface area contributed by atoms with Gasteiger partial charge in [-0.25, -0.2) is 13.2 Å². The van der Waals surface area contributed by atoms with E-state index in [1.165, 1.54) is 22.0 Å². The molecular weight excluding hydrogens is 498 g/mol. The van der Waals surface area contributed by atoms with E-state index in [2.05, 4.69) is 24.1 Å². The normalized spacial score (nSPS) is 23.6. The summed E-state index contributed by atoms with van der Waals surface area (Å²) < 4.78 is 34.2. The van der Waals surface area contributed by atoms with Crippen molar-refractivity contribution in [3.63, 3.8) is 0 Å². The van der Waals surface area contributed by atoms with Crippen LogP contribution in [0.3, 0.4) is 0 Å². The first-order valence-electron chi connectivity index (χ1n) is 12.7. The van der Waals surface area contributed by atoms with Gasteiger partial charge in [0.1, 0.15) is 6.61 Å². The molecule has 2 aliphatic rings. The maximum absolute atomic E-state index is 13.5. The van der Waals surface area contributed by atoms with Crippen LogP contribution in [-0.4, -0.2) is 73.5 Å². The maximum atomic E-state index is 13.5. The predicted octanol–water partition coefficient (Wildman–Crippen LogP) is 5.00. The van der Waals surface area contributed by atoms with E-state index in [1.54, 1.807) is 17.0 Å². The highest BCUT2D eigenvalue weighted by Gasteiger charge is 2.39. The maximum Gasteiger partial charge on any atom is 0.409 e. The van der Waals surface area contributed by atoms with Crippen LogP contribution in [-0.2, 0) is 21.3 Å². The Kier molecular flexibility index (Phi) is 8.93. The third-order valence-corrected chi connectivity index (χ3v) is 9.63. The van der Waals surface area contributed by atoms with Gasteiger partial charge in [-0.15, -0.1) is 0 Å². The van der Waals surface area contributed by atoms with Crippen LogP contribution in [0, 0.1) is 0 Å². The van der Waals surface area contributed by atoms with E-state index >= 15 is 0 Å². The molecule has 4 rings (SSSR count). The second kappa shape index (κ2) is 11.9. The number of carbonyl (C=O) groups is 1. The van der Waals surface area contributed by atoms with Crippen LogP contribution in [0.15, 0.2) is 59.5 Å². The number of benzene rings is 2. The van der Waals surface area contributed by atoms with E-state index in [4.69, 9.17) is 16.3 Å². The molecule has 2 heterocycles. The molecule has 36 heavy (non-hydrogen) atoms. The van der Waals surface area contributed by atoms with Crippen molar-refractivity contribution in [1.29, 1.82) is 0 Å². The number of likely N-dealkylation sites (tertiary alicyclic amines) is 1. The van der Waals surface area contributed by atoms with E-state index in [0.29, 0.717) is 24.5 Å². The average Bonchev–Trinajstić information content (AvgIpc) is 2.88. The molecule has 1 amide bonds. The van der Waals surface area contributed by atoms with Crippen LogP contribution >= 0.6 is 11.6 Å². The molecule has 0 bridgehead atoms. The van der Waals surface area contributed by atoms with Crippen molar-refractivity contribution in [3.8, 4) is 0 Å². The van der Waals surface area contributed by atoms with Crippen LogP contribution in [0.2, 0.25) is 5.02 Å². The van der Waals surface area contributed by atoms with Crippen LogP contribution < -0.4 is 0 Å². The second-order valence-corrected chi connectivity index (χ2v) is 12.2. The van der Waals surface area contributed by atoms with Gasteiger partial charge in [0.25, 0.3) is 0 Å². The molecule has 9 heteroatoms. The smallest absolute Gasteiger partial charge is 0.409 e. The molecule has 1 unspecified atom stereocenters. The summed E-state index contributed by atoms with van der Waals surface area (Å²) in [6.07, 6.45) is 3.91. The Morgan fingerprint density at radius 2 is 1.78 bits per heavy atom. The minimum absolute atomic E-state index is 0.0526. The minimum atomic E-state index is -3.74. The fourth-order valence-corrected chi connectivity index (χ4v) is 7.31. The zero-order chi connectivity index (χ0) is 25.7. The molecule has 2 aliphatic heterocycles. The molecule has 2 aromatic carbocycles. The zero-order valence-electron chi connectivity index (χ0n) is 21.1. The second-order valence-electron chi connectivity index (χ2n) is 9.94. The Balaban J connectivity index is 1.37. The number of ether oxygens (including phenoxy) is 1. The third-order valence-electron chi connectivity index (χ3n) is 7.29. The monoisotopic (exact) mass is 533 g/mol. The fourth-order valence-electron chi connectivity index (χ4n) is 5.32. The van der Waals surface area contributed by atoms with Crippen molar-refractivity contribution in [2.75, 3.05) is 26.7 Å². The standard InChI is InChI=1S/C27H36ClN3O4S/c1-21-8-6-11-25(31(21)36(33,34)26-15-13-23(28)14-16-26)20-35-27(32)30-17-7-12-24(19-30)29(2)18-22-9-4-3-5-10-22/h3-5,9-10,13-16,21,24-25H,6-8,11-12,17-20H2,1-2H3/t21-,24?,25-/m1/s1. The first-order valence-corrected chi connectivity index (χ1v) is 14.5. The summed E-state index contributed by atoms with van der Waals surface area (Å²) in [5.74, 6) is 0. The van der Waals surface area contributed by atoms with Gasteiger partial charge >= 0.3 is 6.09 Å². The Morgan fingerprint density at radius 3 is 2.50 bits per heavy atom. The van der Waals surface area contributed by atoms with Gasteiger partial charge in [-0.05, 0) is 69.5 Å². The van der Waals surface area contributed by atoms with E-state index < -0.39 is 10.0 Å². The van der Waals surface area contributed by atoms with Crippen LogP contribution in [0.5, 0.6) is 0 Å². The van der Waals surface area contributed by atoms with E-state index in [1.807, 2.05) is 25.1 Å². The van der Waals surface area contributed by atoms with Crippen molar-refractivity contribution in [2.45, 2.75) is 68.6 Å². The molecule has 0 N–H and O–H groups in total. The molecule has 196 valence electrons. The van der Waals surface area contributed by atoms with Crippen LogP contribution in [0.25, 0.3) is 0 Å². The number of likely N-dealkylation sites (N-methyl/N-ethyl adjacent to an activating group) is 1. The quantitative estimate of drug-likeness (QED) is 0.500. The van der Waals surface area contributed by atoms with E-state index in [0.717, 1.165) is 32.2 Å². The predicted molar refractivity (Wildman–Crippen MR) is 141 cm³/mol. The lowest BCUT2D eigenvalue weighted by atomic mass is 10.0. The summed E-state index contributed by atoms with van der Waals surface area (Å²) in [5, 5.41) is 0.486. The highest BCUT2D eigenvalue weighted by molar-refractivity contribution is 7.89. The van der Waals surface area contributed by atoms with E-state index in [-0.39, 0.29) is 35.7 Å². The highest BCUT2D eigenvalue weighted by atomic mass is 35.5. The molecule has 2 aromatic rings. The SMILES string of the molecule is C[C@@H]1CCC[C@H](COC(=O)N2CCCC(N(C)Cc3ccccc3)C2)N1S(=O)(=O)c1ccc(Cl)cc1. The van der Waals surface area contributed by atoms with Crippen LogP contribution in [0.1, 0.15) is 44.6 Å². The van der Waals surface area contributed by atoms with Crippen LogP contribution in [0.4, 0.5) is 4.79 Å². The van der Waals surface area contributed by atoms with Gasteiger partial charge in [0.2, 0.25) is 10.0 Å². The Bertz CT molecular complexity index is 1110. The Labute approximate surface area is 220 Å². The van der Waals surface area contributed by atoms with Crippen molar-refractivity contribution >= 4 is 27.7 Å². The van der Waals surface area contributed by atoms with Gasteiger partial charge in [-0.2, -0.15) is 4.31 Å². The van der Waals surface area contributed by atoms with Crippen molar-refractivity contribution in [1.82, 2.24) is 14.1 Å². The summed E-state index contributed by atoms with van der Waals surface area (Å²) in [6.45, 7) is 4.06. The topological polar surface area (TPSA) is 70.2 Å². The van der Waals surface area contributed by atoms with Crippen molar-refractivity contribution in [2.24, 2.45) is 0 Å². The largest absolute Gasteiger partial charge is 0.448 e.